The predicted octanol–water partition coefficient (Wildman–Crippen LogP) is 6.89. The fraction of sp³-hybridized carbons (Fsp3) is 0.138. The lowest BCUT2D eigenvalue weighted by Crippen LogP contribution is -2.20. The van der Waals surface area contributed by atoms with Crippen LogP contribution in [0.1, 0.15) is 30.4 Å². The van der Waals surface area contributed by atoms with Crippen LogP contribution in [-0.4, -0.2) is 0 Å². The zero-order valence-corrected chi connectivity index (χ0v) is 19.9. The summed E-state index contributed by atoms with van der Waals surface area (Å²) in [5, 5.41) is 13.0. The van der Waals surface area contributed by atoms with E-state index in [-0.39, 0.29) is 5.92 Å². The van der Waals surface area contributed by atoms with E-state index in [2.05, 4.69) is 97.1 Å². The summed E-state index contributed by atoms with van der Waals surface area (Å²) >= 11 is 5.66. The molecule has 0 radical (unpaired) electrons. The van der Waals surface area contributed by atoms with E-state index in [0.717, 1.165) is 17.5 Å². The molecule has 1 atom stereocenters. The van der Waals surface area contributed by atoms with E-state index in [1.165, 1.54) is 15.9 Å². The summed E-state index contributed by atoms with van der Waals surface area (Å²) in [6.45, 7) is 2.02. The summed E-state index contributed by atoms with van der Waals surface area (Å²) in [6.07, 6.45) is 0.858. The molecule has 3 heteroatoms. The van der Waals surface area contributed by atoms with Crippen molar-refractivity contribution < 1.29 is 0 Å². The van der Waals surface area contributed by atoms with E-state index < -0.39 is 7.92 Å². The normalized spacial score (nSPS) is 11.2. The lowest BCUT2D eigenvalue weighted by molar-refractivity contribution is 0.818. The third-order valence-electron chi connectivity index (χ3n) is 5.14. The van der Waals surface area contributed by atoms with Crippen LogP contribution in [0.4, 0.5) is 0 Å². The van der Waals surface area contributed by atoms with E-state index in [4.69, 9.17) is 16.9 Å². The van der Waals surface area contributed by atoms with Crippen LogP contribution in [0.2, 0.25) is 0 Å². The molecule has 0 saturated heterocycles. The lowest BCUT2D eigenvalue weighted by atomic mass is 9.97. The first-order chi connectivity index (χ1) is 15.8. The van der Waals surface area contributed by atoms with E-state index in [0.29, 0.717) is 5.88 Å². The Bertz CT molecular complexity index is 997. The highest BCUT2D eigenvalue weighted by Crippen LogP contribution is 2.32. The Kier molecular flexibility index (Phi) is 9.52. The Morgan fingerprint density at radius 3 is 1.41 bits per heavy atom. The highest BCUT2D eigenvalue weighted by atomic mass is 35.5. The molecule has 0 amide bonds. The van der Waals surface area contributed by atoms with Gasteiger partial charge in [0, 0.05) is 5.88 Å². The minimum atomic E-state index is -0.446. The van der Waals surface area contributed by atoms with Crippen molar-refractivity contribution >= 4 is 35.4 Å². The first-order valence-corrected chi connectivity index (χ1v) is 12.6. The van der Waals surface area contributed by atoms with Crippen LogP contribution in [0, 0.1) is 11.3 Å². The molecule has 0 fully saturated rings. The molecule has 1 nitrogen and oxygen atoms in total. The molecule has 32 heavy (non-hydrogen) atoms. The average molecular weight is 456 g/mol. The number of hydrogen-bond donors (Lipinski definition) is 0. The maximum Gasteiger partial charge on any atom is 0.0710 e. The molecular formula is C29H27ClNP. The molecule has 0 spiro atoms. The first kappa shape index (κ1) is 23.7. The largest absolute Gasteiger partial charge is 0.198 e. The topological polar surface area (TPSA) is 23.8 Å². The molecule has 4 aromatic carbocycles. The van der Waals surface area contributed by atoms with Gasteiger partial charge in [0.15, 0.2) is 0 Å². The standard InChI is InChI=1S/C18H15P.C11H12ClN/c1-4-10-16(11-5-1)19(17-12-6-2-7-13-17)18-14-8-3-9-15-18;1-2-10(8-13)11-5-3-9(7-12)4-6-11/h1-15H;3-6,10H,2,7H2,1H3. The molecule has 160 valence electrons. The summed E-state index contributed by atoms with van der Waals surface area (Å²) in [4.78, 5) is 0. The Morgan fingerprint density at radius 2 is 1.09 bits per heavy atom. The van der Waals surface area contributed by atoms with Crippen LogP contribution in [0.25, 0.3) is 0 Å². The molecule has 0 heterocycles. The van der Waals surface area contributed by atoms with E-state index >= 15 is 0 Å². The molecule has 0 aromatic heterocycles. The second-order valence-corrected chi connectivity index (χ2v) is 9.79. The zero-order chi connectivity index (χ0) is 22.6. The number of nitriles is 1. The fourth-order valence-electron chi connectivity index (χ4n) is 3.42. The number of hydrogen-bond acceptors (Lipinski definition) is 1. The van der Waals surface area contributed by atoms with Crippen molar-refractivity contribution in [2.45, 2.75) is 25.1 Å². The Balaban J connectivity index is 0.000000195. The van der Waals surface area contributed by atoms with Crippen molar-refractivity contribution in [1.29, 1.82) is 5.26 Å². The highest BCUT2D eigenvalue weighted by molar-refractivity contribution is 7.79. The zero-order valence-electron chi connectivity index (χ0n) is 18.2. The van der Waals surface area contributed by atoms with Gasteiger partial charge in [-0.05, 0) is 41.4 Å². The van der Waals surface area contributed by atoms with Gasteiger partial charge in [0.2, 0.25) is 0 Å². The smallest absolute Gasteiger partial charge is 0.0710 e. The maximum absolute atomic E-state index is 8.83. The molecule has 4 aromatic rings. The van der Waals surface area contributed by atoms with Gasteiger partial charge in [-0.25, -0.2) is 0 Å². The molecule has 1 unspecified atom stereocenters. The van der Waals surface area contributed by atoms with Crippen molar-refractivity contribution in [3.8, 4) is 6.07 Å². The highest BCUT2D eigenvalue weighted by Gasteiger charge is 2.15. The van der Waals surface area contributed by atoms with Crippen molar-refractivity contribution in [2.75, 3.05) is 0 Å². The molecule has 0 aliphatic carbocycles. The Hall–Kier alpha value is -2.91. The van der Waals surface area contributed by atoms with Gasteiger partial charge >= 0.3 is 0 Å². The first-order valence-electron chi connectivity index (χ1n) is 10.8. The van der Waals surface area contributed by atoms with Crippen LogP contribution in [0.15, 0.2) is 115 Å². The van der Waals surface area contributed by atoms with Crippen LogP contribution < -0.4 is 15.9 Å². The third-order valence-corrected chi connectivity index (χ3v) is 7.90. The number of rotatable bonds is 6. The van der Waals surface area contributed by atoms with Crippen LogP contribution in [0.3, 0.4) is 0 Å². The van der Waals surface area contributed by atoms with Gasteiger partial charge in [0.05, 0.1) is 12.0 Å². The van der Waals surface area contributed by atoms with E-state index in [1.807, 2.05) is 31.2 Å². The van der Waals surface area contributed by atoms with Crippen molar-refractivity contribution in [3.05, 3.63) is 126 Å². The maximum atomic E-state index is 8.83. The second kappa shape index (κ2) is 12.8. The summed E-state index contributed by atoms with van der Waals surface area (Å²) in [7, 11) is -0.446. The van der Waals surface area contributed by atoms with Crippen molar-refractivity contribution in [3.63, 3.8) is 0 Å². The summed E-state index contributed by atoms with van der Waals surface area (Å²) in [6, 6.07) is 42.5. The molecule has 0 bridgehead atoms. The summed E-state index contributed by atoms with van der Waals surface area (Å²) < 4.78 is 0. The van der Waals surface area contributed by atoms with Crippen LogP contribution >= 0.6 is 19.5 Å². The third kappa shape index (κ3) is 6.54. The molecule has 0 aliphatic rings. The summed E-state index contributed by atoms with van der Waals surface area (Å²) in [5.74, 6) is 0.549. The Morgan fingerprint density at radius 1 is 0.688 bits per heavy atom. The van der Waals surface area contributed by atoms with Gasteiger partial charge in [0.25, 0.3) is 0 Å². The quantitative estimate of drug-likeness (QED) is 0.229. The van der Waals surface area contributed by atoms with Crippen LogP contribution in [0.5, 0.6) is 0 Å². The van der Waals surface area contributed by atoms with Gasteiger partial charge in [-0.15, -0.1) is 11.6 Å². The van der Waals surface area contributed by atoms with E-state index in [1.54, 1.807) is 0 Å². The summed E-state index contributed by atoms with van der Waals surface area (Å²) in [5.41, 5.74) is 2.18. The fourth-order valence-corrected chi connectivity index (χ4v) is 5.90. The number of alkyl halides is 1. The van der Waals surface area contributed by atoms with Gasteiger partial charge in [-0.2, -0.15) is 5.26 Å². The lowest BCUT2D eigenvalue weighted by Gasteiger charge is -2.18. The number of nitrogens with zero attached hydrogens (tertiary/aromatic N) is 1. The van der Waals surface area contributed by atoms with Crippen molar-refractivity contribution in [1.82, 2.24) is 0 Å². The molecule has 4 rings (SSSR count). The molecule has 0 N–H and O–H groups in total. The van der Waals surface area contributed by atoms with Crippen molar-refractivity contribution in [2.24, 2.45) is 0 Å². The monoisotopic (exact) mass is 455 g/mol. The SMILES string of the molecule is CCC(C#N)c1ccc(CCl)cc1.c1ccc(P(c2ccccc2)c2ccccc2)cc1. The van der Waals surface area contributed by atoms with Crippen LogP contribution in [-0.2, 0) is 5.88 Å². The minimum absolute atomic E-state index is 0.0179. The number of benzene rings is 4. The molecule has 0 aliphatic heterocycles. The average Bonchev–Trinajstić information content (AvgIpc) is 2.88. The minimum Gasteiger partial charge on any atom is -0.198 e. The second-order valence-electron chi connectivity index (χ2n) is 7.31. The number of halogens is 1. The molecule has 0 saturated carbocycles. The van der Waals surface area contributed by atoms with Gasteiger partial charge in [-0.1, -0.05) is 122 Å². The Labute approximate surface area is 198 Å². The van der Waals surface area contributed by atoms with E-state index in [9.17, 15) is 0 Å². The molecular weight excluding hydrogens is 429 g/mol. The van der Waals surface area contributed by atoms with Gasteiger partial charge in [0.1, 0.15) is 0 Å². The van der Waals surface area contributed by atoms with Gasteiger partial charge in [-0.3, -0.25) is 0 Å². The predicted molar refractivity (Wildman–Crippen MR) is 140 cm³/mol. The van der Waals surface area contributed by atoms with Gasteiger partial charge < -0.3 is 0 Å².